The molecule has 1 aromatic carbocycles. The van der Waals surface area contributed by atoms with Crippen molar-refractivity contribution in [1.82, 2.24) is 14.9 Å². The maximum Gasteiger partial charge on any atom is 0.511 e. The predicted molar refractivity (Wildman–Crippen MR) is 93.9 cm³/mol. The smallest absolute Gasteiger partial charge is 0.357 e. The van der Waals surface area contributed by atoms with E-state index in [1.165, 1.54) is 0 Å². The molecule has 0 radical (unpaired) electrons. The number of sulfonamides is 1. The Hall–Kier alpha value is -1.95. The summed E-state index contributed by atoms with van der Waals surface area (Å²) in [6.45, 7) is 1.56. The van der Waals surface area contributed by atoms with Crippen LogP contribution < -0.4 is 10.6 Å². The average Bonchev–Trinajstić information content (AvgIpc) is 2.62. The summed E-state index contributed by atoms with van der Waals surface area (Å²) in [5.74, 6) is -0.919. The standard InChI is InChI=1S/C16H21F5N4O2S/c1-2-22-15(23-10-11-9-12(17)3-4-14(11)18)24-13-5-7-25(8-6-13)28(26,27)16(19,20)21/h3-4,9,13H,2,5-8,10H2,1H3,(H2,22,23,24). The van der Waals surface area contributed by atoms with E-state index in [1.54, 1.807) is 6.92 Å². The first-order valence-corrected chi connectivity index (χ1v) is 10.0. The molecule has 0 saturated carbocycles. The van der Waals surface area contributed by atoms with Gasteiger partial charge in [-0.2, -0.15) is 17.5 Å². The molecule has 158 valence electrons. The number of benzene rings is 1. The predicted octanol–water partition coefficient (Wildman–Crippen LogP) is 2.33. The van der Waals surface area contributed by atoms with Crippen LogP contribution in [0.15, 0.2) is 23.2 Å². The molecule has 28 heavy (non-hydrogen) atoms. The minimum atomic E-state index is -5.33. The van der Waals surface area contributed by atoms with Crippen LogP contribution in [0.25, 0.3) is 0 Å². The summed E-state index contributed by atoms with van der Waals surface area (Å²) in [6, 6.07) is 2.71. The number of aliphatic imine (C=N–C) groups is 1. The number of hydrogen-bond donors (Lipinski definition) is 2. The third kappa shape index (κ3) is 5.53. The van der Waals surface area contributed by atoms with E-state index in [2.05, 4.69) is 15.6 Å². The number of rotatable bonds is 5. The Morgan fingerprint density at radius 2 is 1.89 bits per heavy atom. The van der Waals surface area contributed by atoms with E-state index in [1.807, 2.05) is 0 Å². The first-order valence-electron chi connectivity index (χ1n) is 8.59. The number of alkyl halides is 3. The van der Waals surface area contributed by atoms with E-state index < -0.39 is 27.2 Å². The monoisotopic (exact) mass is 428 g/mol. The third-order valence-electron chi connectivity index (χ3n) is 4.19. The molecular weight excluding hydrogens is 407 g/mol. The fraction of sp³-hybridized carbons (Fsp3) is 0.562. The van der Waals surface area contributed by atoms with Crippen molar-refractivity contribution in [1.29, 1.82) is 0 Å². The van der Waals surface area contributed by atoms with E-state index in [-0.39, 0.29) is 50.0 Å². The lowest BCUT2D eigenvalue weighted by Crippen LogP contribution is -2.51. The van der Waals surface area contributed by atoms with Crippen molar-refractivity contribution in [2.45, 2.75) is 37.9 Å². The Balaban J connectivity index is 1.99. The molecule has 1 aliphatic rings. The molecule has 1 saturated heterocycles. The molecule has 12 heteroatoms. The molecular formula is C16H21F5N4O2S. The van der Waals surface area contributed by atoms with E-state index in [9.17, 15) is 30.4 Å². The Bertz CT molecular complexity index is 806. The number of hydrogen-bond acceptors (Lipinski definition) is 3. The van der Waals surface area contributed by atoms with E-state index in [0.29, 0.717) is 10.8 Å². The first-order chi connectivity index (χ1) is 13.0. The van der Waals surface area contributed by atoms with Gasteiger partial charge in [-0.3, -0.25) is 0 Å². The largest absolute Gasteiger partial charge is 0.511 e. The lowest BCUT2D eigenvalue weighted by Gasteiger charge is -2.32. The minimum Gasteiger partial charge on any atom is -0.357 e. The van der Waals surface area contributed by atoms with Gasteiger partial charge in [0.2, 0.25) is 0 Å². The van der Waals surface area contributed by atoms with Crippen LogP contribution in [0.1, 0.15) is 25.3 Å². The SMILES string of the molecule is CCNC(=NCc1cc(F)ccc1F)NC1CCN(S(=O)(=O)C(F)(F)F)CC1. The summed E-state index contributed by atoms with van der Waals surface area (Å²) in [4.78, 5) is 4.16. The van der Waals surface area contributed by atoms with Gasteiger partial charge in [0.1, 0.15) is 11.6 Å². The normalized spacial score (nSPS) is 17.6. The van der Waals surface area contributed by atoms with Crippen molar-refractivity contribution in [3.8, 4) is 0 Å². The molecule has 1 heterocycles. The molecule has 0 amide bonds. The van der Waals surface area contributed by atoms with Gasteiger partial charge in [0.25, 0.3) is 0 Å². The summed E-state index contributed by atoms with van der Waals surface area (Å²) in [5, 5.41) is 5.90. The fourth-order valence-corrected chi connectivity index (χ4v) is 3.71. The second-order valence-corrected chi connectivity index (χ2v) is 8.13. The lowest BCUT2D eigenvalue weighted by atomic mass is 10.1. The van der Waals surface area contributed by atoms with Crippen LogP contribution in [-0.2, 0) is 16.6 Å². The molecule has 1 aromatic rings. The maximum atomic E-state index is 13.7. The highest BCUT2D eigenvalue weighted by Gasteiger charge is 2.50. The summed E-state index contributed by atoms with van der Waals surface area (Å²) < 4.78 is 88.0. The molecule has 1 aliphatic heterocycles. The Morgan fingerprint density at radius 1 is 1.25 bits per heavy atom. The van der Waals surface area contributed by atoms with Crippen LogP contribution >= 0.6 is 0 Å². The number of halogens is 5. The number of piperidine rings is 1. The Kier molecular flexibility index (Phi) is 7.21. The average molecular weight is 428 g/mol. The highest BCUT2D eigenvalue weighted by atomic mass is 32.2. The topological polar surface area (TPSA) is 73.8 Å². The van der Waals surface area contributed by atoms with Crippen LogP contribution in [0.4, 0.5) is 22.0 Å². The zero-order chi connectivity index (χ0) is 20.9. The van der Waals surface area contributed by atoms with Crippen LogP contribution in [-0.4, -0.2) is 49.9 Å². The Morgan fingerprint density at radius 3 is 2.46 bits per heavy atom. The minimum absolute atomic E-state index is 0.0586. The highest BCUT2D eigenvalue weighted by Crippen LogP contribution is 2.28. The van der Waals surface area contributed by atoms with Crippen LogP contribution in [0.5, 0.6) is 0 Å². The van der Waals surface area contributed by atoms with Crippen LogP contribution in [0.2, 0.25) is 0 Å². The summed E-state index contributed by atoms with van der Waals surface area (Å²) in [5.41, 5.74) is -5.26. The van der Waals surface area contributed by atoms with Crippen molar-refractivity contribution in [3.05, 3.63) is 35.4 Å². The number of nitrogens with zero attached hydrogens (tertiary/aromatic N) is 2. The summed E-state index contributed by atoms with van der Waals surface area (Å²) in [7, 11) is -5.33. The zero-order valence-corrected chi connectivity index (χ0v) is 15.9. The second-order valence-electron chi connectivity index (χ2n) is 6.20. The highest BCUT2D eigenvalue weighted by molar-refractivity contribution is 7.90. The molecule has 2 N–H and O–H groups in total. The van der Waals surface area contributed by atoms with Gasteiger partial charge in [-0.15, -0.1) is 0 Å². The maximum absolute atomic E-state index is 13.7. The molecule has 0 aromatic heterocycles. The number of nitrogens with one attached hydrogen (secondary N) is 2. The van der Waals surface area contributed by atoms with E-state index >= 15 is 0 Å². The van der Waals surface area contributed by atoms with Gasteiger partial charge in [0.05, 0.1) is 6.54 Å². The number of guanidine groups is 1. The molecule has 0 aliphatic carbocycles. The van der Waals surface area contributed by atoms with Gasteiger partial charge < -0.3 is 10.6 Å². The van der Waals surface area contributed by atoms with Gasteiger partial charge >= 0.3 is 15.5 Å². The molecule has 0 bridgehead atoms. The second kappa shape index (κ2) is 9.03. The van der Waals surface area contributed by atoms with E-state index in [4.69, 9.17) is 0 Å². The fourth-order valence-electron chi connectivity index (χ4n) is 2.73. The molecule has 0 unspecified atom stereocenters. The van der Waals surface area contributed by atoms with Gasteiger partial charge in [-0.25, -0.2) is 22.2 Å². The first kappa shape index (κ1) is 22.3. The summed E-state index contributed by atoms with van der Waals surface area (Å²) in [6.07, 6.45) is 0.294. The summed E-state index contributed by atoms with van der Waals surface area (Å²) >= 11 is 0. The quantitative estimate of drug-likeness (QED) is 0.429. The lowest BCUT2D eigenvalue weighted by molar-refractivity contribution is -0.0494. The van der Waals surface area contributed by atoms with Crippen molar-refractivity contribution in [2.24, 2.45) is 4.99 Å². The van der Waals surface area contributed by atoms with Crippen LogP contribution in [0, 0.1) is 11.6 Å². The van der Waals surface area contributed by atoms with Gasteiger partial charge in [-0.05, 0) is 38.0 Å². The zero-order valence-electron chi connectivity index (χ0n) is 15.1. The molecule has 0 atom stereocenters. The van der Waals surface area contributed by atoms with Crippen molar-refractivity contribution >= 4 is 16.0 Å². The van der Waals surface area contributed by atoms with Gasteiger partial charge in [0.15, 0.2) is 5.96 Å². The van der Waals surface area contributed by atoms with E-state index in [0.717, 1.165) is 18.2 Å². The molecule has 6 nitrogen and oxygen atoms in total. The van der Waals surface area contributed by atoms with Gasteiger partial charge in [-0.1, -0.05) is 0 Å². The van der Waals surface area contributed by atoms with Crippen molar-refractivity contribution < 1.29 is 30.4 Å². The van der Waals surface area contributed by atoms with Crippen molar-refractivity contribution in [3.63, 3.8) is 0 Å². The molecule has 2 rings (SSSR count). The van der Waals surface area contributed by atoms with Crippen LogP contribution in [0.3, 0.4) is 0 Å². The molecule has 0 spiro atoms. The van der Waals surface area contributed by atoms with Gasteiger partial charge in [0, 0.05) is 31.2 Å². The molecule has 1 fully saturated rings. The third-order valence-corrected chi connectivity index (χ3v) is 5.82. The Labute approximate surface area is 159 Å². The van der Waals surface area contributed by atoms with Crippen molar-refractivity contribution in [2.75, 3.05) is 19.6 Å².